The lowest BCUT2D eigenvalue weighted by Gasteiger charge is -2.37. The molecule has 2 atom stereocenters. The fourth-order valence-corrected chi connectivity index (χ4v) is 5.26. The van der Waals surface area contributed by atoms with Gasteiger partial charge in [-0.3, -0.25) is 9.47 Å². The number of imidazole rings is 1. The molecule has 1 aliphatic heterocycles. The van der Waals surface area contributed by atoms with Crippen LogP contribution in [-0.4, -0.2) is 76.7 Å². The lowest BCUT2D eigenvalue weighted by molar-refractivity contribution is -0.135. The number of hydrogen-bond acceptors (Lipinski definition) is 11. The fraction of sp³-hybridized carbons (Fsp3) is 0.400. The van der Waals surface area contributed by atoms with Gasteiger partial charge in [0.2, 0.25) is 5.75 Å². The molecule has 3 aromatic heterocycles. The summed E-state index contributed by atoms with van der Waals surface area (Å²) in [6, 6.07) is 7.94. The van der Waals surface area contributed by atoms with Gasteiger partial charge in [0, 0.05) is 31.1 Å². The number of nitrogens with zero attached hydrogens (tertiary/aromatic N) is 5. The van der Waals surface area contributed by atoms with Gasteiger partial charge in [-0.2, -0.15) is 0 Å². The molecule has 1 aliphatic rings. The normalized spacial score (nSPS) is 18.2. The molecule has 0 spiro atoms. The number of rotatable bonds is 10. The van der Waals surface area contributed by atoms with E-state index in [0.29, 0.717) is 53.9 Å². The van der Waals surface area contributed by atoms with E-state index in [4.69, 9.17) is 18.9 Å². The first kappa shape index (κ1) is 25.2. The average Bonchev–Trinajstić information content (AvgIpc) is 3.61. The van der Waals surface area contributed by atoms with E-state index in [9.17, 15) is 5.11 Å². The monoisotopic (exact) mass is 526 g/mol. The van der Waals surface area contributed by atoms with E-state index in [0.717, 1.165) is 12.1 Å². The smallest absolute Gasteiger partial charge is 0.203 e. The van der Waals surface area contributed by atoms with Crippen LogP contribution in [0.1, 0.15) is 16.7 Å². The largest absolute Gasteiger partial charge is 0.493 e. The van der Waals surface area contributed by atoms with Crippen LogP contribution in [0.4, 0.5) is 5.82 Å². The van der Waals surface area contributed by atoms with Gasteiger partial charge in [0.05, 0.1) is 40.4 Å². The first-order valence-electron chi connectivity index (χ1n) is 11.8. The number of aliphatic hydroxyl groups is 1. The molecule has 0 bridgehead atoms. The minimum atomic E-state index is -0.339. The SMILES string of the molecule is COc1cc(CNc2ncnc3c2ncn3[C@H]2CN(Cc3cccs3)C[C@@H](CO)O2)cc(OC)c1OC. The van der Waals surface area contributed by atoms with Crippen molar-refractivity contribution in [2.75, 3.05) is 46.3 Å². The van der Waals surface area contributed by atoms with Crippen LogP contribution in [-0.2, 0) is 17.8 Å². The molecule has 1 fully saturated rings. The summed E-state index contributed by atoms with van der Waals surface area (Å²) in [5.41, 5.74) is 2.21. The zero-order chi connectivity index (χ0) is 25.8. The fourth-order valence-electron chi connectivity index (χ4n) is 4.51. The average molecular weight is 527 g/mol. The Morgan fingerprint density at radius 3 is 2.59 bits per heavy atom. The van der Waals surface area contributed by atoms with E-state index in [1.807, 2.05) is 22.8 Å². The van der Waals surface area contributed by atoms with Crippen LogP contribution < -0.4 is 19.5 Å². The van der Waals surface area contributed by atoms with Crippen LogP contribution in [0, 0.1) is 0 Å². The van der Waals surface area contributed by atoms with Crippen LogP contribution in [0.15, 0.2) is 42.3 Å². The van der Waals surface area contributed by atoms with E-state index < -0.39 is 0 Å². The molecule has 4 heterocycles. The van der Waals surface area contributed by atoms with Crippen LogP contribution in [0.3, 0.4) is 0 Å². The number of benzene rings is 1. The van der Waals surface area contributed by atoms with Gasteiger partial charge in [0.15, 0.2) is 28.5 Å². The molecule has 196 valence electrons. The van der Waals surface area contributed by atoms with Gasteiger partial charge in [-0.1, -0.05) is 6.07 Å². The van der Waals surface area contributed by atoms with Crippen LogP contribution in [0.2, 0.25) is 0 Å². The molecule has 11 nitrogen and oxygen atoms in total. The molecular weight excluding hydrogens is 496 g/mol. The third-order valence-electron chi connectivity index (χ3n) is 6.24. The summed E-state index contributed by atoms with van der Waals surface area (Å²) in [5.74, 6) is 2.30. The van der Waals surface area contributed by atoms with E-state index in [2.05, 4.69) is 36.6 Å². The molecule has 37 heavy (non-hydrogen) atoms. The van der Waals surface area contributed by atoms with Gasteiger partial charge in [0.1, 0.15) is 12.6 Å². The Hall–Kier alpha value is -3.45. The second-order valence-corrected chi connectivity index (χ2v) is 9.63. The van der Waals surface area contributed by atoms with Crippen molar-refractivity contribution in [2.45, 2.75) is 25.4 Å². The van der Waals surface area contributed by atoms with Crippen molar-refractivity contribution in [3.63, 3.8) is 0 Å². The van der Waals surface area contributed by atoms with E-state index >= 15 is 0 Å². The second kappa shape index (κ2) is 11.3. The standard InChI is InChI=1S/C25H30N6O5S/c1-33-19-7-16(8-20(34-2)23(19)35-3)9-26-24-22-25(28-14-27-24)31(15-29-22)21-12-30(10-17(13-32)36-21)11-18-5-4-6-37-18/h4-8,14-15,17,21,32H,9-13H2,1-3H3,(H,26,27,28)/t17-,21+/m0/s1. The molecule has 2 N–H and O–H groups in total. The molecule has 1 aromatic carbocycles. The van der Waals surface area contributed by atoms with Crippen molar-refractivity contribution in [3.05, 3.63) is 52.7 Å². The third-order valence-corrected chi connectivity index (χ3v) is 7.10. The number of thiophene rings is 1. The number of methoxy groups -OCH3 is 3. The zero-order valence-electron chi connectivity index (χ0n) is 21.0. The van der Waals surface area contributed by atoms with Gasteiger partial charge in [-0.25, -0.2) is 15.0 Å². The summed E-state index contributed by atoms with van der Waals surface area (Å²) in [6.45, 7) is 2.51. The molecule has 0 unspecified atom stereocenters. The highest BCUT2D eigenvalue weighted by atomic mass is 32.1. The summed E-state index contributed by atoms with van der Waals surface area (Å²) in [4.78, 5) is 17.1. The Kier molecular flexibility index (Phi) is 7.70. The van der Waals surface area contributed by atoms with Crippen molar-refractivity contribution in [1.29, 1.82) is 0 Å². The molecule has 1 saturated heterocycles. The van der Waals surface area contributed by atoms with Gasteiger partial charge in [-0.05, 0) is 29.1 Å². The summed E-state index contributed by atoms with van der Waals surface area (Å²) in [7, 11) is 4.75. The van der Waals surface area contributed by atoms with Crippen LogP contribution >= 0.6 is 11.3 Å². The number of fused-ring (bicyclic) bond motifs is 1. The first-order valence-corrected chi connectivity index (χ1v) is 12.7. The minimum Gasteiger partial charge on any atom is -0.493 e. The van der Waals surface area contributed by atoms with E-state index in [-0.39, 0.29) is 18.9 Å². The van der Waals surface area contributed by atoms with Crippen molar-refractivity contribution in [3.8, 4) is 17.2 Å². The number of morpholine rings is 1. The quantitative estimate of drug-likeness (QED) is 0.320. The van der Waals surface area contributed by atoms with Gasteiger partial charge >= 0.3 is 0 Å². The maximum atomic E-state index is 9.86. The Balaban J connectivity index is 1.36. The molecular formula is C25H30N6O5S. The number of aromatic nitrogens is 4. The molecule has 0 radical (unpaired) electrons. The second-order valence-electron chi connectivity index (χ2n) is 8.60. The summed E-state index contributed by atoms with van der Waals surface area (Å²) >= 11 is 1.72. The number of aliphatic hydroxyl groups excluding tert-OH is 1. The zero-order valence-corrected chi connectivity index (χ0v) is 21.8. The summed E-state index contributed by atoms with van der Waals surface area (Å²) < 4.78 is 24.4. The van der Waals surface area contributed by atoms with E-state index in [1.54, 1.807) is 39.0 Å². The topological polar surface area (TPSA) is 116 Å². The highest BCUT2D eigenvalue weighted by Gasteiger charge is 2.30. The van der Waals surface area contributed by atoms with Crippen molar-refractivity contribution >= 4 is 28.3 Å². The number of hydrogen-bond donors (Lipinski definition) is 2. The Labute approximate surface area is 218 Å². The number of ether oxygens (including phenoxy) is 4. The van der Waals surface area contributed by atoms with Gasteiger partial charge in [0.25, 0.3) is 0 Å². The highest BCUT2D eigenvalue weighted by molar-refractivity contribution is 7.09. The third kappa shape index (κ3) is 5.32. The molecule has 4 aromatic rings. The van der Waals surface area contributed by atoms with Crippen LogP contribution in [0.25, 0.3) is 11.2 Å². The Morgan fingerprint density at radius 2 is 1.92 bits per heavy atom. The van der Waals surface area contributed by atoms with Crippen molar-refractivity contribution in [2.24, 2.45) is 0 Å². The van der Waals surface area contributed by atoms with Crippen molar-refractivity contribution < 1.29 is 24.1 Å². The molecule has 0 aliphatic carbocycles. The summed E-state index contributed by atoms with van der Waals surface area (Å²) in [5, 5.41) is 15.3. The molecule has 0 amide bonds. The first-order chi connectivity index (χ1) is 18.1. The maximum absolute atomic E-state index is 9.86. The lowest BCUT2D eigenvalue weighted by Crippen LogP contribution is -2.46. The highest BCUT2D eigenvalue weighted by Crippen LogP contribution is 2.38. The van der Waals surface area contributed by atoms with Crippen molar-refractivity contribution in [1.82, 2.24) is 24.4 Å². The molecule has 12 heteroatoms. The number of anilines is 1. The van der Waals surface area contributed by atoms with Gasteiger partial charge < -0.3 is 29.4 Å². The number of nitrogens with one attached hydrogen (secondary N) is 1. The maximum Gasteiger partial charge on any atom is 0.203 e. The minimum absolute atomic E-state index is 0.0549. The Bertz CT molecular complexity index is 1310. The van der Waals surface area contributed by atoms with E-state index in [1.165, 1.54) is 11.2 Å². The molecule has 0 saturated carbocycles. The summed E-state index contributed by atoms with van der Waals surface area (Å²) in [6.07, 6.45) is 2.59. The van der Waals surface area contributed by atoms with Gasteiger partial charge in [-0.15, -0.1) is 11.3 Å². The predicted octanol–water partition coefficient (Wildman–Crippen LogP) is 2.92. The Morgan fingerprint density at radius 1 is 1.11 bits per heavy atom. The van der Waals surface area contributed by atoms with Crippen LogP contribution in [0.5, 0.6) is 17.2 Å². The molecule has 5 rings (SSSR count). The predicted molar refractivity (Wildman–Crippen MR) is 139 cm³/mol. The lowest BCUT2D eigenvalue weighted by atomic mass is 10.1.